The molecule has 0 aromatic heterocycles. The summed E-state index contributed by atoms with van der Waals surface area (Å²) in [4.78, 5) is 18.4. The van der Waals surface area contributed by atoms with Crippen LogP contribution in [0.1, 0.15) is 25.7 Å². The molecule has 0 spiro atoms. The van der Waals surface area contributed by atoms with Crippen LogP contribution in [-0.2, 0) is 0 Å². The van der Waals surface area contributed by atoms with E-state index in [-0.39, 0.29) is 19.3 Å². The molecular weight excluding hydrogens is 196 g/mol. The third-order valence-corrected chi connectivity index (χ3v) is 1.66. The van der Waals surface area contributed by atoms with E-state index in [0.29, 0.717) is 6.42 Å². The first-order valence-electron chi connectivity index (χ1n) is 4.08. The highest BCUT2D eigenvalue weighted by atomic mass is 16.7. The van der Waals surface area contributed by atoms with E-state index in [1.807, 2.05) is 0 Å². The van der Waals surface area contributed by atoms with Gasteiger partial charge in [-0.15, -0.1) is 0 Å². The van der Waals surface area contributed by atoms with Crippen molar-refractivity contribution in [2.24, 2.45) is 0 Å². The summed E-state index contributed by atoms with van der Waals surface area (Å²) in [6.45, 7) is 0. The van der Waals surface area contributed by atoms with Crippen LogP contribution in [0.25, 0.3) is 0 Å². The molecule has 8 heteroatoms. The normalized spacial score (nSPS) is 10.9. The fraction of sp³-hybridized carbons (Fsp3) is 1.00. The minimum Gasteiger partial charge on any atom is -0.368 e. The third-order valence-electron chi connectivity index (χ3n) is 1.66. The van der Waals surface area contributed by atoms with Crippen molar-refractivity contribution in [3.05, 3.63) is 20.2 Å². The predicted octanol–water partition coefficient (Wildman–Crippen LogP) is -0.263. The van der Waals surface area contributed by atoms with Gasteiger partial charge in [0.05, 0.1) is 16.3 Å². The number of unbranched alkanes of at least 4 members (excludes halogenated alkanes) is 1. The van der Waals surface area contributed by atoms with Crippen LogP contribution < -0.4 is 0 Å². The number of aliphatic hydroxyl groups is 2. The molecule has 0 unspecified atom stereocenters. The topological polar surface area (TPSA) is 127 Å². The molecule has 14 heavy (non-hydrogen) atoms. The van der Waals surface area contributed by atoms with Crippen molar-refractivity contribution in [2.45, 2.75) is 38.1 Å². The van der Waals surface area contributed by atoms with Crippen LogP contribution in [0.2, 0.25) is 0 Å². The van der Waals surface area contributed by atoms with Crippen LogP contribution in [0.15, 0.2) is 0 Å². The maximum Gasteiger partial charge on any atom is 0.450 e. The van der Waals surface area contributed by atoms with Crippen LogP contribution in [0.4, 0.5) is 0 Å². The average molecular weight is 208 g/mol. The lowest BCUT2D eigenvalue weighted by atomic mass is 10.1. The Balaban J connectivity index is 3.73. The Labute approximate surface area is 79.5 Å². The zero-order valence-electron chi connectivity index (χ0n) is 7.40. The second-order valence-electron chi connectivity index (χ2n) is 2.82. The zero-order valence-corrected chi connectivity index (χ0v) is 7.40. The van der Waals surface area contributed by atoms with E-state index in [0.717, 1.165) is 0 Å². The van der Waals surface area contributed by atoms with Gasteiger partial charge in [0.2, 0.25) is 0 Å². The Kier molecular flexibility index (Phi) is 5.65. The Morgan fingerprint density at radius 2 is 1.43 bits per heavy atom. The second-order valence-corrected chi connectivity index (χ2v) is 2.82. The maximum absolute atomic E-state index is 10.1. The van der Waals surface area contributed by atoms with Gasteiger partial charge in [-0.1, -0.05) is 0 Å². The molecular formula is C6H12N2O6. The van der Waals surface area contributed by atoms with E-state index in [1.165, 1.54) is 0 Å². The molecule has 0 aromatic rings. The summed E-state index contributed by atoms with van der Waals surface area (Å²) in [5, 5.41) is 37.1. The highest BCUT2D eigenvalue weighted by Gasteiger charge is 2.30. The van der Waals surface area contributed by atoms with Gasteiger partial charge in [0, 0.05) is 0 Å². The van der Waals surface area contributed by atoms with Crippen molar-refractivity contribution in [3.63, 3.8) is 0 Å². The first-order valence-corrected chi connectivity index (χ1v) is 4.08. The summed E-state index contributed by atoms with van der Waals surface area (Å²) in [5.41, 5.74) is 0. The van der Waals surface area contributed by atoms with Crippen LogP contribution in [0, 0.1) is 20.2 Å². The molecule has 0 heterocycles. The smallest absolute Gasteiger partial charge is 0.368 e. The SMILES string of the molecule is O=[N+]([O-])C(CCCCC(O)O)[N+](=O)[O-]. The van der Waals surface area contributed by atoms with Gasteiger partial charge in [-0.3, -0.25) is 20.2 Å². The molecule has 0 atom stereocenters. The van der Waals surface area contributed by atoms with E-state index in [4.69, 9.17) is 10.2 Å². The molecule has 8 nitrogen and oxygen atoms in total. The molecule has 0 saturated heterocycles. The molecule has 0 radical (unpaired) electrons. The van der Waals surface area contributed by atoms with E-state index >= 15 is 0 Å². The highest BCUT2D eigenvalue weighted by Crippen LogP contribution is 2.07. The van der Waals surface area contributed by atoms with E-state index in [9.17, 15) is 20.2 Å². The molecule has 82 valence electrons. The molecule has 0 amide bonds. The fourth-order valence-electron chi connectivity index (χ4n) is 0.942. The Bertz CT molecular complexity index is 192. The van der Waals surface area contributed by atoms with Gasteiger partial charge >= 0.3 is 6.17 Å². The maximum atomic E-state index is 10.1. The van der Waals surface area contributed by atoms with Crippen LogP contribution in [0.5, 0.6) is 0 Å². The van der Waals surface area contributed by atoms with Crippen LogP contribution in [-0.4, -0.2) is 32.5 Å². The fourth-order valence-corrected chi connectivity index (χ4v) is 0.942. The minimum atomic E-state index is -1.79. The zero-order chi connectivity index (χ0) is 11.1. The van der Waals surface area contributed by atoms with E-state index in [2.05, 4.69) is 0 Å². The molecule has 0 rings (SSSR count). The van der Waals surface area contributed by atoms with Crippen LogP contribution in [0.3, 0.4) is 0 Å². The second kappa shape index (κ2) is 6.22. The minimum absolute atomic E-state index is 0.0716. The third kappa shape index (κ3) is 5.38. The number of rotatable bonds is 7. The average Bonchev–Trinajstić information content (AvgIpc) is 2.01. The Morgan fingerprint density at radius 1 is 1.00 bits per heavy atom. The molecule has 2 N–H and O–H groups in total. The number of nitro groups is 2. The van der Waals surface area contributed by atoms with Crippen molar-refractivity contribution in [1.29, 1.82) is 0 Å². The molecule has 0 aliphatic carbocycles. The van der Waals surface area contributed by atoms with Gasteiger partial charge in [0.15, 0.2) is 6.29 Å². The molecule has 0 aliphatic rings. The first-order chi connectivity index (χ1) is 6.45. The number of hydrogen-bond acceptors (Lipinski definition) is 6. The summed E-state index contributed by atoms with van der Waals surface area (Å²) in [6, 6.07) is 0. The first kappa shape index (κ1) is 12.7. The summed E-state index contributed by atoms with van der Waals surface area (Å²) >= 11 is 0. The Morgan fingerprint density at radius 3 is 1.79 bits per heavy atom. The lowest BCUT2D eigenvalue weighted by Gasteiger charge is -2.03. The van der Waals surface area contributed by atoms with E-state index < -0.39 is 22.3 Å². The summed E-state index contributed by atoms with van der Waals surface area (Å²) < 4.78 is 0. The summed E-state index contributed by atoms with van der Waals surface area (Å²) in [7, 11) is 0. The van der Waals surface area contributed by atoms with Crippen molar-refractivity contribution in [3.8, 4) is 0 Å². The summed E-state index contributed by atoms with van der Waals surface area (Å²) in [6.07, 6.45) is -2.82. The highest BCUT2D eigenvalue weighted by molar-refractivity contribution is 4.47. The quantitative estimate of drug-likeness (QED) is 0.257. The largest absolute Gasteiger partial charge is 0.450 e. The van der Waals surface area contributed by atoms with Crippen LogP contribution >= 0.6 is 0 Å². The number of nitrogens with zero attached hydrogens (tertiary/aromatic N) is 2. The van der Waals surface area contributed by atoms with Crippen molar-refractivity contribution in [1.82, 2.24) is 0 Å². The van der Waals surface area contributed by atoms with E-state index in [1.54, 1.807) is 0 Å². The molecule has 0 saturated carbocycles. The Hall–Kier alpha value is -1.28. The number of hydrogen-bond donors (Lipinski definition) is 2. The van der Waals surface area contributed by atoms with Gasteiger partial charge in [0.1, 0.15) is 0 Å². The molecule has 0 aliphatic heterocycles. The molecule has 0 aromatic carbocycles. The van der Waals surface area contributed by atoms with Crippen molar-refractivity contribution < 1.29 is 20.1 Å². The summed E-state index contributed by atoms with van der Waals surface area (Å²) in [5.74, 6) is 0. The predicted molar refractivity (Wildman–Crippen MR) is 44.5 cm³/mol. The van der Waals surface area contributed by atoms with Gasteiger partial charge in [-0.05, 0) is 19.3 Å². The molecule has 0 fully saturated rings. The van der Waals surface area contributed by atoms with Gasteiger partial charge < -0.3 is 10.2 Å². The van der Waals surface area contributed by atoms with Gasteiger partial charge in [0.25, 0.3) is 0 Å². The van der Waals surface area contributed by atoms with Gasteiger partial charge in [-0.2, -0.15) is 0 Å². The van der Waals surface area contributed by atoms with Crippen molar-refractivity contribution >= 4 is 0 Å². The van der Waals surface area contributed by atoms with Crippen molar-refractivity contribution in [2.75, 3.05) is 0 Å². The lowest BCUT2D eigenvalue weighted by Crippen LogP contribution is -2.28. The lowest BCUT2D eigenvalue weighted by molar-refractivity contribution is -0.743. The monoisotopic (exact) mass is 208 g/mol. The standard InChI is InChI=1S/C6H12N2O6/c9-6(10)4-2-1-3-5(7(11)12)8(13)14/h5-6,9-10H,1-4H2. The van der Waals surface area contributed by atoms with Gasteiger partial charge in [-0.25, -0.2) is 0 Å². The molecule has 0 bridgehead atoms. The number of aliphatic hydroxyl groups excluding tert-OH is 1.